The van der Waals surface area contributed by atoms with E-state index in [9.17, 15) is 9.59 Å². The fraction of sp³-hybridized carbons (Fsp3) is 0.0833. The number of nitrogens with one attached hydrogen (secondary N) is 2. The molecule has 0 bridgehead atoms. The lowest BCUT2D eigenvalue weighted by Gasteiger charge is -2.01. The van der Waals surface area contributed by atoms with E-state index in [0.29, 0.717) is 11.5 Å². The second-order valence-electron chi connectivity index (χ2n) is 3.48. The molecule has 0 aliphatic heterocycles. The predicted octanol–water partition coefficient (Wildman–Crippen LogP) is 0.639. The van der Waals surface area contributed by atoms with Crippen molar-refractivity contribution < 1.29 is 18.4 Å². The van der Waals surface area contributed by atoms with Crippen LogP contribution in [0.3, 0.4) is 0 Å². The lowest BCUT2D eigenvalue weighted by Crippen LogP contribution is -2.37. The molecule has 0 spiro atoms. The van der Waals surface area contributed by atoms with E-state index in [1.807, 2.05) is 0 Å². The van der Waals surface area contributed by atoms with Gasteiger partial charge in [0.15, 0.2) is 0 Å². The molecular weight excluding hydrogens is 250 g/mol. The molecule has 2 aromatic rings. The van der Waals surface area contributed by atoms with Gasteiger partial charge in [-0.25, -0.2) is 5.43 Å². The highest BCUT2D eigenvalue weighted by Gasteiger charge is 2.12. The van der Waals surface area contributed by atoms with Crippen LogP contribution in [0.4, 0.5) is 0 Å². The molecule has 0 unspecified atom stereocenters. The molecule has 0 fully saturated rings. The number of amides is 2. The topological polar surface area (TPSA) is 96.8 Å². The Morgan fingerprint density at radius 2 is 1.95 bits per heavy atom. The number of furan rings is 2. The van der Waals surface area contributed by atoms with Crippen molar-refractivity contribution in [1.29, 1.82) is 0 Å². The average molecular weight is 261 g/mol. The van der Waals surface area contributed by atoms with Crippen LogP contribution < -0.4 is 10.7 Å². The number of nitrogens with zero attached hydrogens (tertiary/aromatic N) is 1. The summed E-state index contributed by atoms with van der Waals surface area (Å²) >= 11 is 0. The summed E-state index contributed by atoms with van der Waals surface area (Å²) in [4.78, 5) is 22.7. The Labute approximate surface area is 108 Å². The summed E-state index contributed by atoms with van der Waals surface area (Å²) in [7, 11) is 0. The molecule has 2 N–H and O–H groups in total. The lowest BCUT2D eigenvalue weighted by atomic mass is 10.4. The molecule has 98 valence electrons. The van der Waals surface area contributed by atoms with Gasteiger partial charge in [0.2, 0.25) is 0 Å². The van der Waals surface area contributed by atoms with Crippen molar-refractivity contribution >= 4 is 18.0 Å². The van der Waals surface area contributed by atoms with Crippen LogP contribution in [-0.4, -0.2) is 18.0 Å². The molecule has 0 aliphatic rings. The molecule has 7 nitrogen and oxygen atoms in total. The molecule has 2 aromatic heterocycles. The van der Waals surface area contributed by atoms with Crippen molar-refractivity contribution in [2.75, 3.05) is 0 Å². The van der Waals surface area contributed by atoms with Crippen LogP contribution in [0, 0.1) is 0 Å². The maximum absolute atomic E-state index is 11.4. The Morgan fingerprint density at radius 1 is 1.16 bits per heavy atom. The number of carbonyl (C=O) groups excluding carboxylic acids is 2. The number of hydrogen-bond acceptors (Lipinski definition) is 5. The van der Waals surface area contributed by atoms with E-state index in [1.165, 1.54) is 18.7 Å². The van der Waals surface area contributed by atoms with Gasteiger partial charge in [-0.1, -0.05) is 0 Å². The molecule has 0 aliphatic carbocycles. The number of hydrogen-bond donors (Lipinski definition) is 2. The van der Waals surface area contributed by atoms with E-state index >= 15 is 0 Å². The Hall–Kier alpha value is -2.83. The first-order valence-corrected chi connectivity index (χ1v) is 5.43. The molecule has 2 heterocycles. The molecule has 2 rings (SSSR count). The van der Waals surface area contributed by atoms with Gasteiger partial charge >= 0.3 is 11.8 Å². The third-order valence-electron chi connectivity index (χ3n) is 2.11. The van der Waals surface area contributed by atoms with Crippen LogP contribution in [-0.2, 0) is 16.1 Å². The van der Waals surface area contributed by atoms with Gasteiger partial charge < -0.3 is 14.2 Å². The van der Waals surface area contributed by atoms with E-state index in [-0.39, 0.29) is 6.54 Å². The minimum absolute atomic E-state index is 0.140. The van der Waals surface area contributed by atoms with Crippen LogP contribution in [0.2, 0.25) is 0 Å². The Kier molecular flexibility index (Phi) is 4.12. The average Bonchev–Trinajstić information content (AvgIpc) is 3.08. The molecule has 2 amide bonds. The van der Waals surface area contributed by atoms with Crippen molar-refractivity contribution in [3.05, 3.63) is 48.3 Å². The Bertz CT molecular complexity index is 558. The zero-order chi connectivity index (χ0) is 13.5. The Morgan fingerprint density at radius 3 is 2.63 bits per heavy atom. The fourth-order valence-corrected chi connectivity index (χ4v) is 1.23. The highest BCUT2D eigenvalue weighted by molar-refractivity contribution is 6.35. The van der Waals surface area contributed by atoms with Gasteiger partial charge in [0, 0.05) is 0 Å². The monoisotopic (exact) mass is 261 g/mol. The van der Waals surface area contributed by atoms with Crippen molar-refractivity contribution in [1.82, 2.24) is 10.7 Å². The van der Waals surface area contributed by atoms with Gasteiger partial charge in [-0.15, -0.1) is 0 Å². The van der Waals surface area contributed by atoms with Crippen molar-refractivity contribution in [3.63, 3.8) is 0 Å². The van der Waals surface area contributed by atoms with Crippen molar-refractivity contribution in [3.8, 4) is 0 Å². The van der Waals surface area contributed by atoms with E-state index in [1.54, 1.807) is 24.3 Å². The van der Waals surface area contributed by atoms with E-state index < -0.39 is 11.8 Å². The van der Waals surface area contributed by atoms with E-state index in [4.69, 9.17) is 8.83 Å². The minimum atomic E-state index is -0.866. The molecule has 0 aromatic carbocycles. The van der Waals surface area contributed by atoms with E-state index in [0.717, 1.165) is 0 Å². The first-order chi connectivity index (χ1) is 9.25. The normalized spacial score (nSPS) is 10.5. The molecular formula is C12H11N3O4. The molecule has 0 radical (unpaired) electrons. The first-order valence-electron chi connectivity index (χ1n) is 5.43. The van der Waals surface area contributed by atoms with Gasteiger partial charge in [-0.05, 0) is 24.3 Å². The summed E-state index contributed by atoms with van der Waals surface area (Å²) in [5.41, 5.74) is 2.08. The van der Waals surface area contributed by atoms with Gasteiger partial charge in [-0.3, -0.25) is 9.59 Å². The van der Waals surface area contributed by atoms with Crippen molar-refractivity contribution in [2.24, 2.45) is 5.10 Å². The third-order valence-corrected chi connectivity index (χ3v) is 2.11. The largest absolute Gasteiger partial charge is 0.467 e. The Balaban J connectivity index is 1.75. The minimum Gasteiger partial charge on any atom is -0.467 e. The molecule has 0 saturated heterocycles. The standard InChI is InChI=1S/C12H11N3O4/c16-11(13-7-9-3-1-5-18-9)12(17)15-14-8-10-4-2-6-19-10/h1-6,8H,7H2,(H,13,16)(H,15,17)/b14-8-. The summed E-state index contributed by atoms with van der Waals surface area (Å²) in [6.45, 7) is 0.140. The highest BCUT2D eigenvalue weighted by Crippen LogP contribution is 1.98. The first kappa shape index (κ1) is 12.6. The SMILES string of the molecule is O=C(NCc1ccco1)C(=O)N/N=C\c1ccco1. The lowest BCUT2D eigenvalue weighted by molar-refractivity contribution is -0.139. The molecule has 19 heavy (non-hydrogen) atoms. The van der Waals surface area contributed by atoms with Crippen LogP contribution in [0.15, 0.2) is 50.7 Å². The van der Waals surface area contributed by atoms with Crippen molar-refractivity contribution in [2.45, 2.75) is 6.54 Å². The highest BCUT2D eigenvalue weighted by atomic mass is 16.3. The van der Waals surface area contributed by atoms with Crippen LogP contribution in [0.25, 0.3) is 0 Å². The second-order valence-corrected chi connectivity index (χ2v) is 3.48. The number of rotatable bonds is 4. The molecule has 7 heteroatoms. The predicted molar refractivity (Wildman–Crippen MR) is 65.0 cm³/mol. The van der Waals surface area contributed by atoms with Crippen LogP contribution >= 0.6 is 0 Å². The number of hydrazone groups is 1. The summed E-state index contributed by atoms with van der Waals surface area (Å²) in [5.74, 6) is -0.640. The van der Waals surface area contributed by atoms with Crippen LogP contribution in [0.1, 0.15) is 11.5 Å². The van der Waals surface area contributed by atoms with Gasteiger partial charge in [-0.2, -0.15) is 5.10 Å². The molecule has 0 atom stereocenters. The van der Waals surface area contributed by atoms with Gasteiger partial charge in [0.1, 0.15) is 11.5 Å². The fourth-order valence-electron chi connectivity index (χ4n) is 1.23. The smallest absolute Gasteiger partial charge is 0.329 e. The quantitative estimate of drug-likeness (QED) is 0.479. The maximum Gasteiger partial charge on any atom is 0.329 e. The summed E-state index contributed by atoms with van der Waals surface area (Å²) in [6, 6.07) is 6.72. The van der Waals surface area contributed by atoms with Crippen LogP contribution in [0.5, 0.6) is 0 Å². The summed E-state index contributed by atoms with van der Waals surface area (Å²) in [5, 5.41) is 5.96. The summed E-state index contributed by atoms with van der Waals surface area (Å²) < 4.78 is 9.96. The van der Waals surface area contributed by atoms with Gasteiger partial charge in [0.05, 0.1) is 25.3 Å². The number of carbonyl (C=O) groups is 2. The third kappa shape index (κ3) is 3.84. The van der Waals surface area contributed by atoms with E-state index in [2.05, 4.69) is 15.8 Å². The summed E-state index contributed by atoms with van der Waals surface area (Å²) in [6.07, 6.45) is 4.24. The maximum atomic E-state index is 11.4. The zero-order valence-corrected chi connectivity index (χ0v) is 9.83. The van der Waals surface area contributed by atoms with Gasteiger partial charge in [0.25, 0.3) is 0 Å². The molecule has 0 saturated carbocycles. The zero-order valence-electron chi connectivity index (χ0n) is 9.83. The second kappa shape index (κ2) is 6.20.